The van der Waals surface area contributed by atoms with Crippen molar-refractivity contribution in [3.63, 3.8) is 0 Å². The smallest absolute Gasteiger partial charge is 0.286 e. The Labute approximate surface area is 153 Å². The number of thioether (sulfide) groups is 1. The van der Waals surface area contributed by atoms with Gasteiger partial charge in [-0.15, -0.1) is 0 Å². The summed E-state index contributed by atoms with van der Waals surface area (Å²) in [7, 11) is 0. The first-order valence-electron chi connectivity index (χ1n) is 7.91. The number of carbonyl (C=O) groups excluding carboxylic acids is 3. The number of rotatable bonds is 6. The van der Waals surface area contributed by atoms with Crippen LogP contribution in [-0.2, 0) is 11.2 Å². The zero-order valence-corrected chi connectivity index (χ0v) is 14.8. The van der Waals surface area contributed by atoms with E-state index in [0.717, 1.165) is 17.3 Å². The highest BCUT2D eigenvalue weighted by Crippen LogP contribution is 2.34. The normalized spacial score (nSPS) is 19.3. The Balaban J connectivity index is 1.58. The molecule has 0 aliphatic carbocycles. The summed E-state index contributed by atoms with van der Waals surface area (Å²) in [6, 6.07) is 12.3. The van der Waals surface area contributed by atoms with Gasteiger partial charge in [-0.25, -0.2) is 4.39 Å². The van der Waals surface area contributed by atoms with Crippen LogP contribution in [0.5, 0.6) is 5.75 Å². The van der Waals surface area contributed by atoms with Gasteiger partial charge in [0.2, 0.25) is 5.91 Å². The van der Waals surface area contributed by atoms with Gasteiger partial charge in [0.25, 0.3) is 5.24 Å². The molecule has 2 amide bonds. The number of nitrogens with one attached hydrogen (secondary N) is 1. The van der Waals surface area contributed by atoms with Crippen molar-refractivity contribution in [2.24, 2.45) is 0 Å². The molecule has 1 fully saturated rings. The van der Waals surface area contributed by atoms with E-state index >= 15 is 0 Å². The van der Waals surface area contributed by atoms with Gasteiger partial charge in [-0.2, -0.15) is 0 Å². The van der Waals surface area contributed by atoms with Crippen molar-refractivity contribution in [3.05, 3.63) is 65.5 Å². The van der Waals surface area contributed by atoms with Crippen molar-refractivity contribution in [1.29, 1.82) is 0 Å². The van der Waals surface area contributed by atoms with E-state index in [1.807, 2.05) is 0 Å². The lowest BCUT2D eigenvalue weighted by atomic mass is 9.99. The number of imide groups is 1. The van der Waals surface area contributed by atoms with Gasteiger partial charge >= 0.3 is 0 Å². The SMILES string of the molecule is C[C@]1(Cc2ccc(OCC(=O)c3ccc(F)cc3)cc2)SC(=O)NC1=O. The lowest BCUT2D eigenvalue weighted by Crippen LogP contribution is -2.35. The molecule has 26 heavy (non-hydrogen) atoms. The maximum absolute atomic E-state index is 12.9. The van der Waals surface area contributed by atoms with Crippen LogP contribution < -0.4 is 10.1 Å². The van der Waals surface area contributed by atoms with Crippen molar-refractivity contribution in [1.82, 2.24) is 5.32 Å². The third kappa shape index (κ3) is 4.11. The molecule has 0 spiro atoms. The van der Waals surface area contributed by atoms with Crippen LogP contribution in [0.3, 0.4) is 0 Å². The first-order valence-corrected chi connectivity index (χ1v) is 8.72. The maximum Gasteiger partial charge on any atom is 0.286 e. The quantitative estimate of drug-likeness (QED) is 0.786. The molecule has 1 atom stereocenters. The van der Waals surface area contributed by atoms with Crippen LogP contribution >= 0.6 is 11.8 Å². The molecule has 0 bridgehead atoms. The van der Waals surface area contributed by atoms with Crippen LogP contribution in [0.15, 0.2) is 48.5 Å². The predicted octanol–water partition coefficient (Wildman–Crippen LogP) is 3.37. The molecule has 7 heteroatoms. The summed E-state index contributed by atoms with van der Waals surface area (Å²) in [6.07, 6.45) is 0.407. The number of carbonyl (C=O) groups is 3. The average molecular weight is 373 g/mol. The number of benzene rings is 2. The van der Waals surface area contributed by atoms with Crippen LogP contribution in [0.2, 0.25) is 0 Å². The number of ether oxygens (including phenoxy) is 1. The van der Waals surface area contributed by atoms with Gasteiger partial charge < -0.3 is 4.74 Å². The highest BCUT2D eigenvalue weighted by atomic mass is 32.2. The lowest BCUT2D eigenvalue weighted by Gasteiger charge is -2.18. The molecule has 5 nitrogen and oxygen atoms in total. The Morgan fingerprint density at radius 1 is 1.12 bits per heavy atom. The van der Waals surface area contributed by atoms with Gasteiger partial charge in [-0.3, -0.25) is 19.7 Å². The summed E-state index contributed by atoms with van der Waals surface area (Å²) in [5.74, 6) is -0.437. The van der Waals surface area contributed by atoms with Crippen molar-refractivity contribution < 1.29 is 23.5 Å². The number of hydrogen-bond acceptors (Lipinski definition) is 5. The zero-order chi connectivity index (χ0) is 18.7. The molecule has 0 aromatic heterocycles. The maximum atomic E-state index is 12.9. The first kappa shape index (κ1) is 18.1. The van der Waals surface area contributed by atoms with Gasteiger partial charge in [-0.1, -0.05) is 12.1 Å². The number of amides is 2. The molecule has 3 rings (SSSR count). The molecular weight excluding hydrogens is 357 g/mol. The van der Waals surface area contributed by atoms with Crippen molar-refractivity contribution in [3.8, 4) is 5.75 Å². The van der Waals surface area contributed by atoms with Crippen molar-refractivity contribution >= 4 is 28.7 Å². The van der Waals surface area contributed by atoms with E-state index in [4.69, 9.17) is 4.74 Å². The number of ketones is 1. The Bertz CT molecular complexity index is 851. The second-order valence-electron chi connectivity index (χ2n) is 6.11. The number of halogens is 1. The Hall–Kier alpha value is -2.67. The van der Waals surface area contributed by atoms with Gasteiger partial charge in [0, 0.05) is 5.56 Å². The third-order valence-electron chi connectivity index (χ3n) is 4.01. The molecule has 2 aromatic rings. The molecular formula is C19H16FNO4S. The van der Waals surface area contributed by atoms with Gasteiger partial charge in [0.05, 0.1) is 0 Å². The first-order chi connectivity index (χ1) is 12.4. The fraction of sp³-hybridized carbons (Fsp3) is 0.211. The topological polar surface area (TPSA) is 72.5 Å². The summed E-state index contributed by atoms with van der Waals surface area (Å²) >= 11 is 0.986. The van der Waals surface area contributed by atoms with Gasteiger partial charge in [-0.05, 0) is 67.1 Å². The monoisotopic (exact) mass is 373 g/mol. The van der Waals surface area contributed by atoms with E-state index in [2.05, 4.69) is 5.32 Å². The summed E-state index contributed by atoms with van der Waals surface area (Å²) in [6.45, 7) is 1.57. The average Bonchev–Trinajstić information content (AvgIpc) is 2.86. The van der Waals surface area contributed by atoms with E-state index in [-0.39, 0.29) is 23.5 Å². The van der Waals surface area contributed by atoms with Crippen molar-refractivity contribution in [2.45, 2.75) is 18.1 Å². The summed E-state index contributed by atoms with van der Waals surface area (Å²) in [5.41, 5.74) is 1.26. The molecule has 2 aromatic carbocycles. The fourth-order valence-electron chi connectivity index (χ4n) is 2.58. The van der Waals surface area contributed by atoms with Crippen LogP contribution in [0.1, 0.15) is 22.8 Å². The van der Waals surface area contributed by atoms with Gasteiger partial charge in [0.15, 0.2) is 12.4 Å². The summed E-state index contributed by atoms with van der Waals surface area (Å²) in [4.78, 5) is 35.2. The summed E-state index contributed by atoms with van der Waals surface area (Å²) < 4.78 is 17.5. The minimum atomic E-state index is -0.821. The molecule has 0 radical (unpaired) electrons. The van der Waals surface area contributed by atoms with E-state index in [0.29, 0.717) is 17.7 Å². The lowest BCUT2D eigenvalue weighted by molar-refractivity contribution is -0.121. The second-order valence-corrected chi connectivity index (χ2v) is 7.59. The highest BCUT2D eigenvalue weighted by molar-refractivity contribution is 8.16. The zero-order valence-electron chi connectivity index (χ0n) is 14.0. The van der Waals surface area contributed by atoms with E-state index in [1.165, 1.54) is 24.3 Å². The standard InChI is InChI=1S/C19H16FNO4S/c1-19(17(23)21-18(24)26-19)10-12-2-8-15(9-3-12)25-11-16(22)13-4-6-14(20)7-5-13/h2-9H,10-11H2,1H3,(H,21,23,24)/t19-/m1/s1. The fourth-order valence-corrected chi connectivity index (χ4v) is 3.51. The van der Waals surface area contributed by atoms with Crippen LogP contribution in [-0.4, -0.2) is 28.3 Å². The number of hydrogen-bond donors (Lipinski definition) is 1. The van der Waals surface area contributed by atoms with Gasteiger partial charge in [0.1, 0.15) is 16.3 Å². The van der Waals surface area contributed by atoms with Crippen molar-refractivity contribution in [2.75, 3.05) is 6.61 Å². The minimum absolute atomic E-state index is 0.157. The molecule has 1 saturated heterocycles. The molecule has 1 N–H and O–H groups in total. The largest absolute Gasteiger partial charge is 0.485 e. The Morgan fingerprint density at radius 2 is 1.77 bits per heavy atom. The molecule has 0 saturated carbocycles. The summed E-state index contributed by atoms with van der Waals surface area (Å²) in [5, 5.41) is 1.95. The molecule has 1 aliphatic rings. The third-order valence-corrected chi connectivity index (χ3v) is 5.08. The minimum Gasteiger partial charge on any atom is -0.485 e. The second kappa shape index (κ2) is 7.29. The van der Waals surface area contributed by atoms with Crippen LogP contribution in [0.25, 0.3) is 0 Å². The van der Waals surface area contributed by atoms with E-state index in [1.54, 1.807) is 31.2 Å². The van der Waals surface area contributed by atoms with E-state index < -0.39 is 10.6 Å². The van der Waals surface area contributed by atoms with Crippen LogP contribution in [0.4, 0.5) is 9.18 Å². The highest BCUT2D eigenvalue weighted by Gasteiger charge is 2.43. The molecule has 134 valence electrons. The van der Waals surface area contributed by atoms with E-state index in [9.17, 15) is 18.8 Å². The Morgan fingerprint density at radius 3 is 2.35 bits per heavy atom. The predicted molar refractivity (Wildman–Crippen MR) is 95.9 cm³/mol. The molecule has 0 unspecified atom stereocenters. The molecule has 1 aliphatic heterocycles. The Kier molecular flexibility index (Phi) is 5.08. The number of Topliss-reactive ketones (excluding diaryl/α,β-unsaturated/α-hetero) is 1. The van der Waals surface area contributed by atoms with Crippen LogP contribution in [0, 0.1) is 5.82 Å². The molecule has 1 heterocycles.